The van der Waals surface area contributed by atoms with Crippen molar-refractivity contribution in [3.63, 3.8) is 0 Å². The molecule has 184 valence electrons. The number of nitriles is 2. The van der Waals surface area contributed by atoms with E-state index in [2.05, 4.69) is 12.1 Å². The average Bonchev–Trinajstić information content (AvgIpc) is 2.89. The van der Waals surface area contributed by atoms with Crippen LogP contribution in [0.1, 0.15) is 34.3 Å². The van der Waals surface area contributed by atoms with E-state index in [-0.39, 0.29) is 13.1 Å². The fourth-order valence-corrected chi connectivity index (χ4v) is 6.21. The van der Waals surface area contributed by atoms with Crippen LogP contribution >= 0.6 is 0 Å². The number of fused-ring (bicyclic) bond motifs is 2. The maximum absolute atomic E-state index is 14.6. The highest BCUT2D eigenvalue weighted by Crippen LogP contribution is 2.60. The van der Waals surface area contributed by atoms with Crippen LogP contribution in [-0.4, -0.2) is 68.9 Å². The summed E-state index contributed by atoms with van der Waals surface area (Å²) < 4.78 is 10.4. The van der Waals surface area contributed by atoms with Crippen LogP contribution in [0.3, 0.4) is 0 Å². The lowest BCUT2D eigenvalue weighted by molar-refractivity contribution is -0.202. The topological polar surface area (TPSA) is 124 Å². The summed E-state index contributed by atoms with van der Waals surface area (Å²) >= 11 is 0. The molecule has 0 amide bonds. The third-order valence-corrected chi connectivity index (χ3v) is 7.36. The number of benzene rings is 2. The third-order valence-electron chi connectivity index (χ3n) is 7.36. The highest BCUT2D eigenvalue weighted by Gasteiger charge is 2.74. The van der Waals surface area contributed by atoms with Gasteiger partial charge in [-0.3, -0.25) is 19.3 Å². The molecule has 0 radical (unpaired) electrons. The fourth-order valence-electron chi connectivity index (χ4n) is 6.21. The highest BCUT2D eigenvalue weighted by molar-refractivity contribution is 6.17. The molecule has 4 atom stereocenters. The van der Waals surface area contributed by atoms with Crippen molar-refractivity contribution < 1.29 is 23.9 Å². The lowest BCUT2D eigenvalue weighted by atomic mass is 9.54. The summed E-state index contributed by atoms with van der Waals surface area (Å²) in [6, 6.07) is 15.9. The van der Waals surface area contributed by atoms with Crippen LogP contribution in [-0.2, 0) is 23.9 Å². The first-order valence-corrected chi connectivity index (χ1v) is 11.3. The number of ether oxygens (including phenoxy) is 2. The van der Waals surface area contributed by atoms with Crippen LogP contribution in [0.4, 0.5) is 0 Å². The smallest absolute Gasteiger partial charge is 0.322 e. The van der Waals surface area contributed by atoms with Crippen LogP contribution in [0.2, 0.25) is 0 Å². The van der Waals surface area contributed by atoms with E-state index in [1.165, 1.54) is 14.2 Å². The molecular formula is C27H26N4O5. The van der Waals surface area contributed by atoms with Gasteiger partial charge in [-0.1, -0.05) is 24.3 Å². The summed E-state index contributed by atoms with van der Waals surface area (Å²) in [6.45, 7) is 0.0159. The Labute approximate surface area is 209 Å². The van der Waals surface area contributed by atoms with Gasteiger partial charge in [0.1, 0.15) is 0 Å². The summed E-state index contributed by atoms with van der Waals surface area (Å²) in [5, 5.41) is 19.1. The van der Waals surface area contributed by atoms with Gasteiger partial charge in [0.15, 0.2) is 16.6 Å². The van der Waals surface area contributed by atoms with E-state index in [1.807, 2.05) is 4.90 Å². The Hall–Kier alpha value is -4.05. The van der Waals surface area contributed by atoms with Crippen molar-refractivity contribution in [2.75, 3.05) is 41.4 Å². The molecule has 0 aromatic heterocycles. The van der Waals surface area contributed by atoms with Gasteiger partial charge in [0.2, 0.25) is 0 Å². The second kappa shape index (κ2) is 9.19. The Morgan fingerprint density at radius 2 is 1.28 bits per heavy atom. The molecule has 2 aliphatic heterocycles. The summed E-state index contributed by atoms with van der Waals surface area (Å²) in [5.41, 5.74) is -1.70. The number of carbonyl (C=O) groups is 3. The van der Waals surface area contributed by atoms with Gasteiger partial charge in [0.25, 0.3) is 0 Å². The van der Waals surface area contributed by atoms with Gasteiger partial charge in [0.05, 0.1) is 49.6 Å². The molecule has 9 nitrogen and oxygen atoms in total. The molecule has 4 rings (SSSR count). The minimum atomic E-state index is -1.78. The van der Waals surface area contributed by atoms with E-state index >= 15 is 0 Å². The first kappa shape index (κ1) is 25.1. The number of methoxy groups -OCH3 is 2. The molecule has 2 bridgehead atoms. The number of Topliss-reactive ketones (excluding diaryl/α,β-unsaturated/α-hetero) is 1. The molecule has 2 heterocycles. The zero-order chi connectivity index (χ0) is 26.3. The highest BCUT2D eigenvalue weighted by atomic mass is 16.5. The van der Waals surface area contributed by atoms with Gasteiger partial charge in [-0.25, -0.2) is 0 Å². The van der Waals surface area contributed by atoms with E-state index in [0.29, 0.717) is 22.3 Å². The molecule has 0 spiro atoms. The number of hydrogen-bond acceptors (Lipinski definition) is 9. The number of likely N-dealkylation sites (tertiary alicyclic amines) is 2. The molecule has 36 heavy (non-hydrogen) atoms. The van der Waals surface area contributed by atoms with E-state index in [0.717, 1.165) is 0 Å². The summed E-state index contributed by atoms with van der Waals surface area (Å²) in [5.74, 6) is -2.13. The summed E-state index contributed by atoms with van der Waals surface area (Å²) in [6.07, 6.45) is 0. The lowest BCUT2D eigenvalue weighted by Gasteiger charge is -2.60. The maximum Gasteiger partial charge on any atom is 0.322 e. The van der Waals surface area contributed by atoms with Crippen molar-refractivity contribution in [2.45, 2.75) is 12.1 Å². The second-order valence-electron chi connectivity index (χ2n) is 9.37. The molecule has 0 N–H and O–H groups in total. The van der Waals surface area contributed by atoms with E-state index in [1.54, 1.807) is 67.5 Å². The zero-order valence-corrected chi connectivity index (χ0v) is 20.5. The molecule has 0 saturated carbocycles. The van der Waals surface area contributed by atoms with Crippen molar-refractivity contribution in [2.24, 2.45) is 10.8 Å². The Balaban J connectivity index is 2.10. The summed E-state index contributed by atoms with van der Waals surface area (Å²) in [7, 11) is 5.90. The number of piperidine rings is 2. The predicted molar refractivity (Wildman–Crippen MR) is 127 cm³/mol. The Kier molecular flexibility index (Phi) is 6.40. The molecular weight excluding hydrogens is 460 g/mol. The normalized spacial score (nSPS) is 28.0. The molecule has 2 aliphatic rings. The molecule has 0 aliphatic carbocycles. The Bertz CT molecular complexity index is 1230. The molecule has 2 aromatic rings. The number of esters is 2. The first-order valence-electron chi connectivity index (χ1n) is 11.3. The molecule has 2 aromatic carbocycles. The van der Waals surface area contributed by atoms with Gasteiger partial charge < -0.3 is 14.4 Å². The number of rotatable bonds is 4. The van der Waals surface area contributed by atoms with Crippen molar-refractivity contribution >= 4 is 17.7 Å². The Morgan fingerprint density at radius 1 is 0.861 bits per heavy atom. The lowest BCUT2D eigenvalue weighted by Crippen LogP contribution is -2.75. The van der Waals surface area contributed by atoms with Gasteiger partial charge in [-0.15, -0.1) is 0 Å². The van der Waals surface area contributed by atoms with Crippen LogP contribution < -0.4 is 0 Å². The zero-order valence-electron chi connectivity index (χ0n) is 20.5. The third kappa shape index (κ3) is 3.40. The van der Waals surface area contributed by atoms with Crippen LogP contribution in [0, 0.1) is 33.5 Å². The number of nitrogens with zero attached hydrogens (tertiary/aromatic N) is 4. The monoisotopic (exact) mass is 486 g/mol. The predicted octanol–water partition coefficient (Wildman–Crippen LogP) is 1.99. The van der Waals surface area contributed by atoms with E-state index < -0.39 is 40.6 Å². The minimum absolute atomic E-state index is 0.00793. The minimum Gasteiger partial charge on any atom is -0.468 e. The summed E-state index contributed by atoms with van der Waals surface area (Å²) in [4.78, 5) is 45.4. The largest absolute Gasteiger partial charge is 0.468 e. The number of ketones is 1. The van der Waals surface area contributed by atoms with Gasteiger partial charge in [-0.2, -0.15) is 10.5 Å². The van der Waals surface area contributed by atoms with Gasteiger partial charge >= 0.3 is 11.9 Å². The molecule has 2 fully saturated rings. The molecule has 9 heteroatoms. The Morgan fingerprint density at radius 3 is 1.64 bits per heavy atom. The van der Waals surface area contributed by atoms with Crippen LogP contribution in [0.5, 0.6) is 0 Å². The quantitative estimate of drug-likeness (QED) is 0.471. The second-order valence-corrected chi connectivity index (χ2v) is 9.37. The standard InChI is InChI=1S/C27H26N4O5/c1-30-15-26(24(33)35-3)21(19-9-5-7-17(11-19)13-28)31(2)22(20-10-6-8-18(12-20)14-29)27(16-30,23(26)32)25(34)36-4/h5-12,21-22H,15-16H2,1-4H3. The van der Waals surface area contributed by atoms with Crippen LogP contribution in [0.25, 0.3) is 0 Å². The SMILES string of the molecule is COC(=O)C12CN(C)CC(C(=O)OC)(C1=O)C(c1cccc(C#N)c1)N(C)C2c1cccc(C#N)c1. The van der Waals surface area contributed by atoms with Crippen molar-refractivity contribution in [1.82, 2.24) is 9.80 Å². The van der Waals surface area contributed by atoms with Gasteiger partial charge in [-0.05, 0) is 49.5 Å². The van der Waals surface area contributed by atoms with Gasteiger partial charge in [0, 0.05) is 13.1 Å². The van der Waals surface area contributed by atoms with Crippen molar-refractivity contribution in [3.05, 3.63) is 70.8 Å². The maximum atomic E-state index is 14.6. The molecule has 2 saturated heterocycles. The van der Waals surface area contributed by atoms with E-state index in [9.17, 15) is 24.9 Å². The van der Waals surface area contributed by atoms with Crippen molar-refractivity contribution in [3.8, 4) is 12.1 Å². The first-order chi connectivity index (χ1) is 17.2. The van der Waals surface area contributed by atoms with Crippen LogP contribution in [0.15, 0.2) is 48.5 Å². The average molecular weight is 487 g/mol. The van der Waals surface area contributed by atoms with Crippen molar-refractivity contribution in [1.29, 1.82) is 10.5 Å². The number of hydrogen-bond donors (Lipinski definition) is 0. The fraction of sp³-hybridized carbons (Fsp3) is 0.370. The number of carbonyl (C=O) groups excluding carboxylic acids is 3. The molecule has 4 unspecified atom stereocenters. The van der Waals surface area contributed by atoms with E-state index in [4.69, 9.17) is 9.47 Å².